The number of aromatic nitrogens is 2. The van der Waals surface area contributed by atoms with E-state index in [1.807, 2.05) is 25.1 Å². The van der Waals surface area contributed by atoms with Crippen molar-refractivity contribution < 1.29 is 9.59 Å². The highest BCUT2D eigenvalue weighted by Crippen LogP contribution is 2.24. The Morgan fingerprint density at radius 1 is 1.28 bits per heavy atom. The number of carbonyl (C=O) groups is 2. The standard InChI is InChI=1S/C18H21ClN4O2/c1-11(12-5-3-6-13(19)9-12)23-16(10-15(22-23)17(24)20-2)18(25)21-14-7-4-8-14/h3,5-6,9-11,14H,4,7-8H2,1-2H3,(H,20,24)(H,21,25). The first kappa shape index (κ1) is 17.5. The molecule has 0 saturated heterocycles. The highest BCUT2D eigenvalue weighted by atomic mass is 35.5. The molecular formula is C18H21ClN4O2. The molecule has 2 N–H and O–H groups in total. The predicted octanol–water partition coefficient (Wildman–Crippen LogP) is 2.79. The minimum atomic E-state index is -0.324. The summed E-state index contributed by atoms with van der Waals surface area (Å²) >= 11 is 6.08. The maximum atomic E-state index is 12.7. The van der Waals surface area contributed by atoms with Gasteiger partial charge >= 0.3 is 0 Å². The van der Waals surface area contributed by atoms with E-state index in [9.17, 15) is 9.59 Å². The predicted molar refractivity (Wildman–Crippen MR) is 96.0 cm³/mol. The summed E-state index contributed by atoms with van der Waals surface area (Å²) < 4.78 is 1.59. The van der Waals surface area contributed by atoms with E-state index in [2.05, 4.69) is 15.7 Å². The molecule has 0 spiro atoms. The van der Waals surface area contributed by atoms with Crippen LogP contribution in [0.2, 0.25) is 5.02 Å². The molecule has 1 saturated carbocycles. The number of amides is 2. The zero-order chi connectivity index (χ0) is 18.0. The number of hydrogen-bond donors (Lipinski definition) is 2. The second-order valence-electron chi connectivity index (χ2n) is 6.27. The molecular weight excluding hydrogens is 340 g/mol. The third-order valence-corrected chi connectivity index (χ3v) is 4.80. The van der Waals surface area contributed by atoms with Crippen LogP contribution >= 0.6 is 11.6 Å². The zero-order valence-corrected chi connectivity index (χ0v) is 15.0. The van der Waals surface area contributed by atoms with Gasteiger partial charge < -0.3 is 10.6 Å². The van der Waals surface area contributed by atoms with Crippen LogP contribution in [0, 0.1) is 0 Å². The van der Waals surface area contributed by atoms with Crippen molar-refractivity contribution in [2.45, 2.75) is 38.3 Å². The van der Waals surface area contributed by atoms with Crippen LogP contribution in [-0.4, -0.2) is 34.7 Å². The molecule has 0 radical (unpaired) electrons. The first-order valence-electron chi connectivity index (χ1n) is 8.37. The molecule has 1 heterocycles. The third-order valence-electron chi connectivity index (χ3n) is 4.57. The Hall–Kier alpha value is -2.34. The molecule has 1 aliphatic carbocycles. The first-order chi connectivity index (χ1) is 12.0. The van der Waals surface area contributed by atoms with E-state index in [0.29, 0.717) is 10.7 Å². The third kappa shape index (κ3) is 3.69. The fraction of sp³-hybridized carbons (Fsp3) is 0.389. The van der Waals surface area contributed by atoms with Crippen molar-refractivity contribution in [1.82, 2.24) is 20.4 Å². The lowest BCUT2D eigenvalue weighted by Gasteiger charge is -2.26. The molecule has 1 unspecified atom stereocenters. The molecule has 0 bridgehead atoms. The highest BCUT2D eigenvalue weighted by Gasteiger charge is 2.26. The molecule has 1 aliphatic rings. The summed E-state index contributed by atoms with van der Waals surface area (Å²) in [6, 6.07) is 8.91. The maximum absolute atomic E-state index is 12.7. The minimum Gasteiger partial charge on any atom is -0.354 e. The van der Waals surface area contributed by atoms with Crippen LogP contribution in [0.4, 0.5) is 0 Å². The average Bonchev–Trinajstić information content (AvgIpc) is 3.02. The lowest BCUT2D eigenvalue weighted by atomic mass is 9.93. The van der Waals surface area contributed by atoms with Gasteiger partial charge in [-0.15, -0.1) is 0 Å². The second kappa shape index (κ2) is 7.27. The number of halogens is 1. The van der Waals surface area contributed by atoms with Crippen molar-refractivity contribution in [2.75, 3.05) is 7.05 Å². The van der Waals surface area contributed by atoms with Crippen molar-refractivity contribution in [1.29, 1.82) is 0 Å². The monoisotopic (exact) mass is 360 g/mol. The van der Waals surface area contributed by atoms with Crippen molar-refractivity contribution >= 4 is 23.4 Å². The smallest absolute Gasteiger partial charge is 0.271 e. The number of nitrogens with one attached hydrogen (secondary N) is 2. The Bertz CT molecular complexity index is 798. The molecule has 6 nitrogen and oxygen atoms in total. The molecule has 132 valence electrons. The van der Waals surface area contributed by atoms with Crippen molar-refractivity contribution in [3.05, 3.63) is 52.3 Å². The van der Waals surface area contributed by atoms with Gasteiger partial charge in [-0.25, -0.2) is 0 Å². The maximum Gasteiger partial charge on any atom is 0.271 e. The Morgan fingerprint density at radius 3 is 2.64 bits per heavy atom. The molecule has 1 aromatic carbocycles. The molecule has 2 aromatic rings. The molecule has 1 atom stereocenters. The van der Waals surface area contributed by atoms with Gasteiger partial charge in [0.25, 0.3) is 11.8 Å². The van der Waals surface area contributed by atoms with Gasteiger partial charge in [-0.1, -0.05) is 23.7 Å². The van der Waals surface area contributed by atoms with E-state index in [4.69, 9.17) is 11.6 Å². The topological polar surface area (TPSA) is 76.0 Å². The van der Waals surface area contributed by atoms with Crippen LogP contribution in [0.15, 0.2) is 30.3 Å². The van der Waals surface area contributed by atoms with Gasteiger partial charge in [-0.3, -0.25) is 14.3 Å². The van der Waals surface area contributed by atoms with Crippen LogP contribution in [-0.2, 0) is 0 Å². The lowest BCUT2D eigenvalue weighted by Crippen LogP contribution is -2.40. The van der Waals surface area contributed by atoms with E-state index in [1.165, 1.54) is 13.1 Å². The van der Waals surface area contributed by atoms with E-state index in [0.717, 1.165) is 24.8 Å². The fourth-order valence-corrected chi connectivity index (χ4v) is 3.02. The fourth-order valence-electron chi connectivity index (χ4n) is 2.82. The first-order valence-corrected chi connectivity index (χ1v) is 8.75. The lowest BCUT2D eigenvalue weighted by molar-refractivity contribution is 0.0903. The van der Waals surface area contributed by atoms with Crippen LogP contribution in [0.5, 0.6) is 0 Å². The van der Waals surface area contributed by atoms with Gasteiger partial charge in [0.05, 0.1) is 6.04 Å². The van der Waals surface area contributed by atoms with Gasteiger partial charge in [0, 0.05) is 24.2 Å². The summed E-state index contributed by atoms with van der Waals surface area (Å²) in [6.07, 6.45) is 3.12. The van der Waals surface area contributed by atoms with Crippen molar-refractivity contribution in [2.24, 2.45) is 0 Å². The van der Waals surface area contributed by atoms with Crippen LogP contribution < -0.4 is 10.6 Å². The summed E-state index contributed by atoms with van der Waals surface area (Å²) in [7, 11) is 1.54. The van der Waals surface area contributed by atoms with E-state index in [1.54, 1.807) is 10.7 Å². The van der Waals surface area contributed by atoms with Gasteiger partial charge in [0.15, 0.2) is 5.69 Å². The van der Waals surface area contributed by atoms with E-state index >= 15 is 0 Å². The summed E-state index contributed by atoms with van der Waals surface area (Å²) in [5.41, 5.74) is 1.50. The highest BCUT2D eigenvalue weighted by molar-refractivity contribution is 6.30. The Balaban J connectivity index is 1.96. The summed E-state index contributed by atoms with van der Waals surface area (Å²) in [6.45, 7) is 1.92. The summed E-state index contributed by atoms with van der Waals surface area (Å²) in [5, 5.41) is 10.5. The molecule has 3 rings (SSSR count). The van der Waals surface area contributed by atoms with E-state index in [-0.39, 0.29) is 29.6 Å². The number of nitrogens with zero attached hydrogens (tertiary/aromatic N) is 2. The Morgan fingerprint density at radius 2 is 2.04 bits per heavy atom. The molecule has 2 amide bonds. The largest absolute Gasteiger partial charge is 0.354 e. The number of benzene rings is 1. The molecule has 7 heteroatoms. The molecule has 0 aliphatic heterocycles. The van der Waals surface area contributed by atoms with E-state index < -0.39 is 0 Å². The van der Waals surface area contributed by atoms with Crippen LogP contribution in [0.1, 0.15) is 58.8 Å². The van der Waals surface area contributed by atoms with Gasteiger partial charge in [0.1, 0.15) is 5.69 Å². The minimum absolute atomic E-state index is 0.207. The van der Waals surface area contributed by atoms with Crippen LogP contribution in [0.3, 0.4) is 0 Å². The van der Waals surface area contributed by atoms with Gasteiger partial charge in [0.2, 0.25) is 0 Å². The summed E-state index contributed by atoms with van der Waals surface area (Å²) in [5.74, 6) is -0.532. The second-order valence-corrected chi connectivity index (χ2v) is 6.71. The number of hydrogen-bond acceptors (Lipinski definition) is 3. The van der Waals surface area contributed by atoms with Crippen molar-refractivity contribution in [3.8, 4) is 0 Å². The number of rotatable bonds is 5. The number of carbonyl (C=O) groups excluding carboxylic acids is 2. The molecule has 25 heavy (non-hydrogen) atoms. The SMILES string of the molecule is CNC(=O)c1cc(C(=O)NC2CCC2)n(C(C)c2cccc(Cl)c2)n1. The van der Waals surface area contributed by atoms with Crippen molar-refractivity contribution in [3.63, 3.8) is 0 Å². The molecule has 1 aromatic heterocycles. The zero-order valence-electron chi connectivity index (χ0n) is 14.3. The average molecular weight is 361 g/mol. The Labute approximate surface area is 151 Å². The quantitative estimate of drug-likeness (QED) is 0.860. The normalized spacial score (nSPS) is 15.3. The van der Waals surface area contributed by atoms with Crippen LogP contribution in [0.25, 0.3) is 0 Å². The van der Waals surface area contributed by atoms with Gasteiger partial charge in [-0.05, 0) is 43.9 Å². The Kier molecular flexibility index (Phi) is 5.08. The molecule has 1 fully saturated rings. The summed E-state index contributed by atoms with van der Waals surface area (Å²) in [4.78, 5) is 24.6. The van der Waals surface area contributed by atoms with Gasteiger partial charge in [-0.2, -0.15) is 5.10 Å².